The Labute approximate surface area is 161 Å². The summed E-state index contributed by atoms with van der Waals surface area (Å²) in [6, 6.07) is 14.8. The fraction of sp³-hybridized carbons (Fsp3) is 0.250. The van der Waals surface area contributed by atoms with E-state index >= 15 is 0 Å². The molecule has 1 N–H and O–H groups in total. The fourth-order valence-electron chi connectivity index (χ4n) is 2.63. The molecule has 0 saturated heterocycles. The highest BCUT2D eigenvalue weighted by atomic mass is 19.4. The molecular formula is C20H20F3N5. The minimum Gasteiger partial charge on any atom is -0.339 e. The van der Waals surface area contributed by atoms with Crippen molar-refractivity contribution in [2.45, 2.75) is 32.6 Å². The monoisotopic (exact) mass is 387 g/mol. The van der Waals surface area contributed by atoms with Gasteiger partial charge in [-0.1, -0.05) is 30.3 Å². The summed E-state index contributed by atoms with van der Waals surface area (Å²) in [6.07, 6.45) is -2.93. The van der Waals surface area contributed by atoms with Gasteiger partial charge in [0.1, 0.15) is 0 Å². The fourth-order valence-corrected chi connectivity index (χ4v) is 2.63. The Hall–Kier alpha value is -3.16. The van der Waals surface area contributed by atoms with Gasteiger partial charge < -0.3 is 10.2 Å². The Kier molecular flexibility index (Phi) is 5.77. The van der Waals surface area contributed by atoms with Crippen molar-refractivity contribution >= 4 is 17.5 Å². The highest BCUT2D eigenvalue weighted by Crippen LogP contribution is 2.30. The van der Waals surface area contributed by atoms with Gasteiger partial charge in [-0.15, -0.1) is 5.10 Å². The molecule has 0 fully saturated rings. The van der Waals surface area contributed by atoms with E-state index in [1.165, 1.54) is 18.3 Å². The maximum Gasteiger partial charge on any atom is 0.416 e. The zero-order valence-corrected chi connectivity index (χ0v) is 15.5. The number of nitrogens with one attached hydrogen (secondary N) is 1. The van der Waals surface area contributed by atoms with Crippen LogP contribution in [0, 0.1) is 0 Å². The summed E-state index contributed by atoms with van der Waals surface area (Å²) in [5.41, 5.74) is 0.896. The van der Waals surface area contributed by atoms with Crippen LogP contribution in [0.1, 0.15) is 25.0 Å². The molecule has 28 heavy (non-hydrogen) atoms. The van der Waals surface area contributed by atoms with Crippen molar-refractivity contribution in [2.75, 3.05) is 10.2 Å². The first-order valence-electron chi connectivity index (χ1n) is 8.77. The molecule has 2 aromatic carbocycles. The number of hydrogen-bond donors (Lipinski definition) is 1. The van der Waals surface area contributed by atoms with E-state index in [2.05, 4.69) is 20.5 Å². The molecule has 0 bridgehead atoms. The van der Waals surface area contributed by atoms with E-state index in [4.69, 9.17) is 0 Å². The minimum atomic E-state index is -4.36. The van der Waals surface area contributed by atoms with Gasteiger partial charge in [0.2, 0.25) is 5.95 Å². The van der Waals surface area contributed by atoms with Crippen LogP contribution in [0.25, 0.3) is 0 Å². The highest BCUT2D eigenvalue weighted by Gasteiger charge is 2.29. The summed E-state index contributed by atoms with van der Waals surface area (Å²) in [5, 5.41) is 11.1. The van der Waals surface area contributed by atoms with E-state index in [1.54, 1.807) is 0 Å². The molecule has 8 heteroatoms. The lowest BCUT2D eigenvalue weighted by Gasteiger charge is -2.26. The van der Waals surface area contributed by atoms with E-state index in [9.17, 15) is 13.2 Å². The van der Waals surface area contributed by atoms with Crippen LogP contribution in [0.2, 0.25) is 0 Å². The zero-order valence-electron chi connectivity index (χ0n) is 15.5. The number of alkyl halides is 3. The van der Waals surface area contributed by atoms with Crippen LogP contribution in [0.15, 0.2) is 60.8 Å². The van der Waals surface area contributed by atoms with E-state index in [1.807, 2.05) is 49.1 Å². The van der Waals surface area contributed by atoms with Crippen molar-refractivity contribution < 1.29 is 13.2 Å². The van der Waals surface area contributed by atoms with Crippen LogP contribution in [-0.2, 0) is 12.7 Å². The van der Waals surface area contributed by atoms with Gasteiger partial charge in [0.05, 0.1) is 11.8 Å². The lowest BCUT2D eigenvalue weighted by atomic mass is 10.2. The van der Waals surface area contributed by atoms with Crippen LogP contribution in [0.4, 0.5) is 30.6 Å². The number of hydrogen-bond acceptors (Lipinski definition) is 5. The molecule has 1 aromatic heterocycles. The summed E-state index contributed by atoms with van der Waals surface area (Å²) >= 11 is 0. The molecular weight excluding hydrogens is 367 g/mol. The van der Waals surface area contributed by atoms with Gasteiger partial charge in [-0.05, 0) is 43.7 Å². The second-order valence-electron chi connectivity index (χ2n) is 6.55. The summed E-state index contributed by atoms with van der Waals surface area (Å²) in [4.78, 5) is 6.48. The number of halogens is 3. The molecule has 1 heterocycles. The van der Waals surface area contributed by atoms with Gasteiger partial charge in [0, 0.05) is 18.3 Å². The molecule has 3 rings (SSSR count). The van der Waals surface area contributed by atoms with Crippen LogP contribution in [0.5, 0.6) is 0 Å². The number of nitrogens with zero attached hydrogens (tertiary/aromatic N) is 4. The highest BCUT2D eigenvalue weighted by molar-refractivity contribution is 5.56. The average molecular weight is 387 g/mol. The Morgan fingerprint density at radius 3 is 2.29 bits per heavy atom. The van der Waals surface area contributed by atoms with Gasteiger partial charge in [-0.3, -0.25) is 0 Å². The molecule has 0 radical (unpaired) electrons. The van der Waals surface area contributed by atoms with Gasteiger partial charge in [-0.25, -0.2) is 0 Å². The normalized spacial score (nSPS) is 11.5. The first kappa shape index (κ1) is 19.6. The summed E-state index contributed by atoms with van der Waals surface area (Å²) in [6.45, 7) is 4.68. The van der Waals surface area contributed by atoms with Crippen LogP contribution in [-0.4, -0.2) is 21.2 Å². The molecule has 3 aromatic rings. The summed E-state index contributed by atoms with van der Waals surface area (Å²) < 4.78 is 38.1. The van der Waals surface area contributed by atoms with E-state index < -0.39 is 11.7 Å². The molecule has 146 valence electrons. The Morgan fingerprint density at radius 2 is 1.68 bits per heavy atom. The van der Waals surface area contributed by atoms with Crippen molar-refractivity contribution in [3.05, 3.63) is 71.9 Å². The Bertz CT molecular complexity index is 896. The molecule has 0 spiro atoms. The number of anilines is 3. The molecule has 0 aliphatic carbocycles. The van der Waals surface area contributed by atoms with Gasteiger partial charge in [0.15, 0.2) is 5.82 Å². The first-order valence-corrected chi connectivity index (χ1v) is 8.77. The van der Waals surface area contributed by atoms with E-state index in [0.717, 1.165) is 17.7 Å². The maximum absolute atomic E-state index is 12.7. The SMILES string of the molecule is CC(C)N(Cc1ccccc1)c1nncc(Nc2ccc(C(F)(F)F)cc2)n1. The predicted octanol–water partition coefficient (Wildman–Crippen LogP) is 5.05. The minimum absolute atomic E-state index is 0.128. The number of benzene rings is 2. The molecule has 0 atom stereocenters. The molecule has 0 aliphatic rings. The summed E-state index contributed by atoms with van der Waals surface area (Å²) in [5.74, 6) is 0.847. The van der Waals surface area contributed by atoms with E-state index in [-0.39, 0.29) is 6.04 Å². The van der Waals surface area contributed by atoms with Crippen LogP contribution < -0.4 is 10.2 Å². The first-order chi connectivity index (χ1) is 13.3. The number of aromatic nitrogens is 3. The third-order valence-electron chi connectivity index (χ3n) is 4.11. The van der Waals surface area contributed by atoms with Gasteiger partial charge >= 0.3 is 6.18 Å². The van der Waals surface area contributed by atoms with Crippen molar-refractivity contribution in [3.8, 4) is 0 Å². The third kappa shape index (κ3) is 4.97. The second-order valence-corrected chi connectivity index (χ2v) is 6.55. The molecule has 0 saturated carbocycles. The lowest BCUT2D eigenvalue weighted by molar-refractivity contribution is -0.137. The average Bonchev–Trinajstić information content (AvgIpc) is 2.66. The molecule has 0 unspecified atom stereocenters. The van der Waals surface area contributed by atoms with Crippen molar-refractivity contribution in [3.63, 3.8) is 0 Å². The van der Waals surface area contributed by atoms with E-state index in [0.29, 0.717) is 24.0 Å². The van der Waals surface area contributed by atoms with Gasteiger partial charge in [-0.2, -0.15) is 23.3 Å². The Balaban J connectivity index is 1.78. The molecule has 0 amide bonds. The van der Waals surface area contributed by atoms with Crippen LogP contribution >= 0.6 is 0 Å². The largest absolute Gasteiger partial charge is 0.416 e. The molecule has 5 nitrogen and oxygen atoms in total. The lowest BCUT2D eigenvalue weighted by Crippen LogP contribution is -2.32. The maximum atomic E-state index is 12.7. The van der Waals surface area contributed by atoms with Crippen LogP contribution in [0.3, 0.4) is 0 Å². The Morgan fingerprint density at radius 1 is 1.00 bits per heavy atom. The predicted molar refractivity (Wildman–Crippen MR) is 102 cm³/mol. The van der Waals surface area contributed by atoms with Crippen molar-refractivity contribution in [1.82, 2.24) is 15.2 Å². The third-order valence-corrected chi connectivity index (χ3v) is 4.11. The van der Waals surface area contributed by atoms with Crippen molar-refractivity contribution in [1.29, 1.82) is 0 Å². The zero-order chi connectivity index (χ0) is 20.1. The van der Waals surface area contributed by atoms with Crippen molar-refractivity contribution in [2.24, 2.45) is 0 Å². The molecule has 0 aliphatic heterocycles. The summed E-state index contributed by atoms with van der Waals surface area (Å²) in [7, 11) is 0. The standard InChI is InChI=1S/C20H20F3N5/c1-14(2)28(13-15-6-4-3-5-7-15)19-26-18(12-24-27-19)25-17-10-8-16(9-11-17)20(21,22)23/h3-12,14H,13H2,1-2H3,(H,25,26,27). The second kappa shape index (κ2) is 8.24. The smallest absolute Gasteiger partial charge is 0.339 e. The number of rotatable bonds is 6. The van der Waals surface area contributed by atoms with Gasteiger partial charge in [0.25, 0.3) is 0 Å². The quantitative estimate of drug-likeness (QED) is 0.642. The topological polar surface area (TPSA) is 53.9 Å².